The number of aliphatic hydroxyl groups excluding tert-OH is 1. The molecule has 0 spiro atoms. The van der Waals surface area contributed by atoms with Crippen molar-refractivity contribution in [3.05, 3.63) is 0 Å². The van der Waals surface area contributed by atoms with Gasteiger partial charge in [-0.2, -0.15) is 0 Å². The summed E-state index contributed by atoms with van der Waals surface area (Å²) in [5.41, 5.74) is 0.423. The number of hydrogen-bond acceptors (Lipinski definition) is 2. The first kappa shape index (κ1) is 10.3. The van der Waals surface area contributed by atoms with Crippen molar-refractivity contribution >= 4 is 11.6 Å². The van der Waals surface area contributed by atoms with E-state index in [0.29, 0.717) is 11.3 Å². The Hall–Kier alpha value is 0.210. The first-order valence-electron chi connectivity index (χ1n) is 4.50. The standard InChI is InChI=1S/C9H18ClNO/c1-9(2)3-4-11(7-9)6-8(12)5-10/h8,12H,3-7H2,1-2H3. The van der Waals surface area contributed by atoms with E-state index in [4.69, 9.17) is 11.6 Å². The van der Waals surface area contributed by atoms with E-state index in [1.54, 1.807) is 0 Å². The SMILES string of the molecule is CC1(C)CCN(CC(O)CCl)C1. The topological polar surface area (TPSA) is 23.5 Å². The first-order valence-corrected chi connectivity index (χ1v) is 5.03. The van der Waals surface area contributed by atoms with Crippen molar-refractivity contribution in [2.75, 3.05) is 25.5 Å². The first-order chi connectivity index (χ1) is 5.53. The zero-order chi connectivity index (χ0) is 9.19. The van der Waals surface area contributed by atoms with Crippen molar-refractivity contribution in [3.8, 4) is 0 Å². The van der Waals surface area contributed by atoms with Gasteiger partial charge in [0.15, 0.2) is 0 Å². The molecule has 0 radical (unpaired) electrons. The van der Waals surface area contributed by atoms with Crippen molar-refractivity contribution in [1.82, 2.24) is 4.90 Å². The molecule has 0 aromatic heterocycles. The second-order valence-electron chi connectivity index (χ2n) is 4.46. The molecule has 2 nitrogen and oxygen atoms in total. The minimum atomic E-state index is -0.361. The van der Waals surface area contributed by atoms with Gasteiger partial charge in [-0.1, -0.05) is 13.8 Å². The smallest absolute Gasteiger partial charge is 0.0802 e. The third-order valence-electron chi connectivity index (χ3n) is 2.40. The van der Waals surface area contributed by atoms with Crippen LogP contribution < -0.4 is 0 Å². The third kappa shape index (κ3) is 2.92. The van der Waals surface area contributed by atoms with Crippen LogP contribution in [0.5, 0.6) is 0 Å². The Kier molecular flexibility index (Phi) is 3.38. The van der Waals surface area contributed by atoms with E-state index in [9.17, 15) is 5.11 Å². The summed E-state index contributed by atoms with van der Waals surface area (Å²) >= 11 is 5.52. The Bertz CT molecular complexity index is 149. The number of β-amino-alcohol motifs (C(OH)–C–C–N with tert-alkyl or cyclic N) is 1. The fourth-order valence-corrected chi connectivity index (χ4v) is 1.82. The van der Waals surface area contributed by atoms with Crippen LogP contribution in [0.1, 0.15) is 20.3 Å². The molecule has 3 heteroatoms. The Labute approximate surface area is 79.5 Å². The number of likely N-dealkylation sites (tertiary alicyclic amines) is 1. The maximum absolute atomic E-state index is 9.31. The van der Waals surface area contributed by atoms with Crippen LogP contribution in [0, 0.1) is 5.41 Å². The van der Waals surface area contributed by atoms with Crippen molar-refractivity contribution in [2.45, 2.75) is 26.4 Å². The maximum atomic E-state index is 9.31. The highest BCUT2D eigenvalue weighted by Gasteiger charge is 2.29. The Morgan fingerprint density at radius 1 is 1.58 bits per heavy atom. The van der Waals surface area contributed by atoms with Gasteiger partial charge in [0.25, 0.3) is 0 Å². The fraction of sp³-hybridized carbons (Fsp3) is 1.00. The summed E-state index contributed by atoms with van der Waals surface area (Å²) in [5.74, 6) is 0.344. The van der Waals surface area contributed by atoms with Crippen LogP contribution in [0.2, 0.25) is 0 Å². The van der Waals surface area contributed by atoms with Gasteiger partial charge in [0.2, 0.25) is 0 Å². The molecule has 72 valence electrons. The zero-order valence-corrected chi connectivity index (χ0v) is 8.64. The molecule has 0 bridgehead atoms. The molecule has 0 aliphatic carbocycles. The van der Waals surface area contributed by atoms with Crippen LogP contribution in [0.25, 0.3) is 0 Å². The molecule has 0 saturated carbocycles. The molecule has 1 heterocycles. The van der Waals surface area contributed by atoms with Gasteiger partial charge in [0.1, 0.15) is 0 Å². The number of alkyl halides is 1. The van der Waals surface area contributed by atoms with E-state index in [1.807, 2.05) is 0 Å². The van der Waals surface area contributed by atoms with Gasteiger partial charge in [-0.3, -0.25) is 0 Å². The van der Waals surface area contributed by atoms with Gasteiger partial charge < -0.3 is 10.0 Å². The Balaban J connectivity index is 2.28. The van der Waals surface area contributed by atoms with Gasteiger partial charge in [0.05, 0.1) is 6.10 Å². The van der Waals surface area contributed by atoms with E-state index < -0.39 is 0 Å². The van der Waals surface area contributed by atoms with Crippen molar-refractivity contribution < 1.29 is 5.11 Å². The quantitative estimate of drug-likeness (QED) is 0.681. The summed E-state index contributed by atoms with van der Waals surface area (Å²) in [6.45, 7) is 7.44. The number of rotatable bonds is 3. The second-order valence-corrected chi connectivity index (χ2v) is 4.77. The fourth-order valence-electron chi connectivity index (χ4n) is 1.73. The number of halogens is 1. The number of nitrogens with zero attached hydrogens (tertiary/aromatic N) is 1. The average Bonchev–Trinajstić information content (AvgIpc) is 2.30. The average molecular weight is 192 g/mol. The lowest BCUT2D eigenvalue weighted by molar-refractivity contribution is 0.137. The van der Waals surface area contributed by atoms with Crippen LogP contribution in [0.4, 0.5) is 0 Å². The number of aliphatic hydroxyl groups is 1. The Morgan fingerprint density at radius 2 is 2.25 bits per heavy atom. The largest absolute Gasteiger partial charge is 0.391 e. The van der Waals surface area contributed by atoms with Crippen LogP contribution in [-0.2, 0) is 0 Å². The summed E-state index contributed by atoms with van der Waals surface area (Å²) in [7, 11) is 0. The van der Waals surface area contributed by atoms with E-state index in [2.05, 4.69) is 18.7 Å². The zero-order valence-electron chi connectivity index (χ0n) is 7.89. The third-order valence-corrected chi connectivity index (χ3v) is 2.76. The monoisotopic (exact) mass is 191 g/mol. The summed E-state index contributed by atoms with van der Waals surface area (Å²) < 4.78 is 0. The summed E-state index contributed by atoms with van der Waals surface area (Å²) in [6, 6.07) is 0. The molecule has 1 aliphatic heterocycles. The molecular weight excluding hydrogens is 174 g/mol. The van der Waals surface area contributed by atoms with E-state index in [1.165, 1.54) is 6.42 Å². The van der Waals surface area contributed by atoms with Crippen molar-refractivity contribution in [3.63, 3.8) is 0 Å². The lowest BCUT2D eigenvalue weighted by Crippen LogP contribution is -2.32. The maximum Gasteiger partial charge on any atom is 0.0802 e. The van der Waals surface area contributed by atoms with Crippen molar-refractivity contribution in [2.24, 2.45) is 5.41 Å². The van der Waals surface area contributed by atoms with E-state index >= 15 is 0 Å². The second kappa shape index (κ2) is 3.95. The molecule has 1 unspecified atom stereocenters. The Morgan fingerprint density at radius 3 is 2.67 bits per heavy atom. The molecule has 1 atom stereocenters. The van der Waals surface area contributed by atoms with Crippen molar-refractivity contribution in [1.29, 1.82) is 0 Å². The van der Waals surface area contributed by atoms with Crippen LogP contribution in [0.3, 0.4) is 0 Å². The molecule has 12 heavy (non-hydrogen) atoms. The predicted octanol–water partition coefficient (Wildman–Crippen LogP) is 1.32. The number of hydrogen-bond donors (Lipinski definition) is 1. The highest BCUT2D eigenvalue weighted by molar-refractivity contribution is 6.18. The van der Waals surface area contributed by atoms with Gasteiger partial charge >= 0.3 is 0 Å². The molecule has 0 amide bonds. The summed E-state index contributed by atoms with van der Waals surface area (Å²) in [6.07, 6.45) is 0.864. The molecule has 1 aliphatic rings. The minimum absolute atomic E-state index is 0.344. The van der Waals surface area contributed by atoms with Gasteiger partial charge in [0, 0.05) is 19.0 Å². The van der Waals surface area contributed by atoms with Gasteiger partial charge in [-0.15, -0.1) is 11.6 Å². The molecule has 1 N–H and O–H groups in total. The minimum Gasteiger partial charge on any atom is -0.391 e. The van der Waals surface area contributed by atoms with Gasteiger partial charge in [-0.05, 0) is 18.4 Å². The van der Waals surface area contributed by atoms with Gasteiger partial charge in [-0.25, -0.2) is 0 Å². The highest BCUT2D eigenvalue weighted by atomic mass is 35.5. The lowest BCUT2D eigenvalue weighted by Gasteiger charge is -2.21. The normalized spacial score (nSPS) is 26.0. The molecule has 0 aromatic rings. The molecule has 0 aromatic carbocycles. The van der Waals surface area contributed by atoms with E-state index in [-0.39, 0.29) is 6.10 Å². The molecule has 1 rings (SSSR count). The van der Waals surface area contributed by atoms with Crippen LogP contribution >= 0.6 is 11.6 Å². The van der Waals surface area contributed by atoms with Crippen LogP contribution in [-0.4, -0.2) is 41.6 Å². The lowest BCUT2D eigenvalue weighted by atomic mass is 9.93. The van der Waals surface area contributed by atoms with Crippen LogP contribution in [0.15, 0.2) is 0 Å². The molecule has 1 fully saturated rings. The highest BCUT2D eigenvalue weighted by Crippen LogP contribution is 2.28. The predicted molar refractivity (Wildman–Crippen MR) is 51.6 cm³/mol. The summed E-state index contributed by atoms with van der Waals surface area (Å²) in [5, 5.41) is 9.31. The molecular formula is C9H18ClNO. The molecule has 1 saturated heterocycles. The summed E-state index contributed by atoms with van der Waals surface area (Å²) in [4.78, 5) is 2.28. The van der Waals surface area contributed by atoms with E-state index in [0.717, 1.165) is 19.6 Å².